The monoisotopic (exact) mass is 476 g/mol. The minimum atomic E-state index is -2.01. The third-order valence-electron chi connectivity index (χ3n) is 4.87. The Morgan fingerprint density at radius 2 is 1.84 bits per heavy atom. The van der Waals surface area contributed by atoms with Gasteiger partial charge in [-0.05, 0) is 30.3 Å². The number of hydrogen-bond donors (Lipinski definition) is 1. The number of carbonyl (C=O) groups is 1. The van der Waals surface area contributed by atoms with E-state index in [4.69, 9.17) is 28.0 Å². The Hall–Kier alpha value is -2.62. The van der Waals surface area contributed by atoms with Gasteiger partial charge in [-0.15, -0.1) is 0 Å². The van der Waals surface area contributed by atoms with Crippen molar-refractivity contribution in [3.63, 3.8) is 0 Å². The molecule has 0 bridgehead atoms. The van der Waals surface area contributed by atoms with Gasteiger partial charge in [-0.1, -0.05) is 59.2 Å². The number of benzene rings is 3. The van der Waals surface area contributed by atoms with Crippen molar-refractivity contribution in [2.75, 3.05) is 7.11 Å². The van der Waals surface area contributed by atoms with Crippen molar-refractivity contribution in [1.29, 1.82) is 0 Å². The number of amides is 1. The molecule has 1 aliphatic rings. The van der Waals surface area contributed by atoms with Gasteiger partial charge in [-0.3, -0.25) is 19.7 Å². The summed E-state index contributed by atoms with van der Waals surface area (Å²) in [6.45, 7) is 0. The van der Waals surface area contributed by atoms with Gasteiger partial charge >= 0.3 is 0 Å². The summed E-state index contributed by atoms with van der Waals surface area (Å²) < 4.78 is 0. The molecule has 0 radical (unpaired) electrons. The van der Waals surface area contributed by atoms with E-state index in [1.54, 1.807) is 42.5 Å². The van der Waals surface area contributed by atoms with E-state index in [0.717, 1.165) is 16.8 Å². The molecule has 3 aromatic rings. The summed E-state index contributed by atoms with van der Waals surface area (Å²) in [6.07, 6.45) is 0. The highest BCUT2D eigenvalue weighted by atomic mass is 35.5. The third-order valence-corrected chi connectivity index (χ3v) is 6.66. The van der Waals surface area contributed by atoms with E-state index in [2.05, 4.69) is 0 Å². The lowest BCUT2D eigenvalue weighted by molar-refractivity contribution is -0.388. The first-order valence-electron chi connectivity index (χ1n) is 8.89. The lowest BCUT2D eigenvalue weighted by atomic mass is 9.94. The molecule has 0 fully saturated rings. The average Bonchev–Trinajstić information content (AvgIpc) is 2.98. The number of fused-ring (bicyclic) bond motifs is 1. The van der Waals surface area contributed by atoms with Gasteiger partial charge in [0.05, 0.1) is 32.5 Å². The van der Waals surface area contributed by atoms with Crippen molar-refractivity contribution < 1.29 is 19.7 Å². The number of hydroxylamine groups is 2. The zero-order valence-electron chi connectivity index (χ0n) is 15.9. The van der Waals surface area contributed by atoms with E-state index in [1.807, 2.05) is 0 Å². The van der Waals surface area contributed by atoms with E-state index in [9.17, 15) is 20.0 Å². The number of rotatable bonds is 5. The number of nitro groups is 1. The van der Waals surface area contributed by atoms with Crippen LogP contribution in [-0.4, -0.2) is 28.1 Å². The maximum absolute atomic E-state index is 12.7. The summed E-state index contributed by atoms with van der Waals surface area (Å²) in [6, 6.07) is 15.6. The minimum absolute atomic E-state index is 0.123. The average molecular weight is 477 g/mol. The number of nitro benzene ring substituents is 1. The van der Waals surface area contributed by atoms with Crippen LogP contribution in [0.4, 0.5) is 5.69 Å². The molecule has 0 aliphatic carbocycles. The van der Waals surface area contributed by atoms with Gasteiger partial charge < -0.3 is 5.11 Å². The molecule has 10 heteroatoms. The number of hydrogen-bond acceptors (Lipinski definition) is 6. The van der Waals surface area contributed by atoms with Gasteiger partial charge in [0.15, 0.2) is 0 Å². The minimum Gasteiger partial charge on any atom is -0.361 e. The first-order valence-corrected chi connectivity index (χ1v) is 10.5. The second-order valence-electron chi connectivity index (χ2n) is 6.62. The number of halogens is 2. The van der Waals surface area contributed by atoms with Crippen molar-refractivity contribution in [2.45, 2.75) is 15.5 Å². The normalized spacial score (nSPS) is 17.7. The molecule has 3 aromatic carbocycles. The van der Waals surface area contributed by atoms with E-state index in [1.165, 1.54) is 25.3 Å². The van der Waals surface area contributed by atoms with Crippen LogP contribution in [0.15, 0.2) is 70.5 Å². The molecule has 0 aromatic heterocycles. The van der Waals surface area contributed by atoms with Crippen molar-refractivity contribution in [3.8, 4) is 0 Å². The Morgan fingerprint density at radius 3 is 2.52 bits per heavy atom. The Labute approximate surface area is 191 Å². The van der Waals surface area contributed by atoms with Gasteiger partial charge in [0.2, 0.25) is 5.72 Å². The molecule has 158 valence electrons. The summed E-state index contributed by atoms with van der Waals surface area (Å²) in [5.74, 6) is -0.544. The highest BCUT2D eigenvalue weighted by Crippen LogP contribution is 2.45. The van der Waals surface area contributed by atoms with Crippen molar-refractivity contribution in [3.05, 3.63) is 97.5 Å². The van der Waals surface area contributed by atoms with Gasteiger partial charge in [-0.2, -0.15) is 5.06 Å². The summed E-state index contributed by atoms with van der Waals surface area (Å²) in [7, 11) is 1.25. The maximum Gasteiger partial charge on any atom is 0.283 e. The van der Waals surface area contributed by atoms with Crippen LogP contribution in [0.5, 0.6) is 0 Å². The Kier molecular flexibility index (Phi) is 5.67. The molecule has 1 aliphatic heterocycles. The lowest BCUT2D eigenvalue weighted by Crippen LogP contribution is -2.43. The van der Waals surface area contributed by atoms with Crippen LogP contribution in [0.1, 0.15) is 21.5 Å². The Balaban J connectivity index is 1.81. The fraction of sp³-hybridized carbons (Fsp3) is 0.0952. The molecule has 4 rings (SSSR count). The standard InChI is InChI=1S/C21H14Cl2N2O5S/c1-30-24-20(26)14-4-2-3-5-15(14)21(24,27)12-6-9-19(18(10-12)25(28)29)31-13-7-8-16(22)17(23)11-13/h2-11,27H,1H3. The number of aliphatic hydroxyl groups is 1. The fourth-order valence-electron chi connectivity index (χ4n) is 3.46. The van der Waals surface area contributed by atoms with E-state index in [-0.39, 0.29) is 22.4 Å². The van der Waals surface area contributed by atoms with E-state index >= 15 is 0 Å². The first-order chi connectivity index (χ1) is 14.8. The SMILES string of the molecule is CON1C(=O)c2ccccc2C1(O)c1ccc(Sc2ccc(Cl)c(Cl)c2)c([N+](=O)[O-])c1. The van der Waals surface area contributed by atoms with Gasteiger partial charge in [0, 0.05) is 22.1 Å². The van der Waals surface area contributed by atoms with Gasteiger partial charge in [0.1, 0.15) is 0 Å². The Morgan fingerprint density at radius 1 is 1.10 bits per heavy atom. The molecule has 7 nitrogen and oxygen atoms in total. The highest BCUT2D eigenvalue weighted by Gasteiger charge is 2.51. The molecule has 0 saturated carbocycles. The van der Waals surface area contributed by atoms with Crippen LogP contribution < -0.4 is 0 Å². The topological polar surface area (TPSA) is 92.9 Å². The molecule has 0 saturated heterocycles. The summed E-state index contributed by atoms with van der Waals surface area (Å²) in [5, 5.41) is 24.9. The van der Waals surface area contributed by atoms with Crippen LogP contribution in [0, 0.1) is 10.1 Å². The van der Waals surface area contributed by atoms with Crippen LogP contribution >= 0.6 is 35.0 Å². The molecule has 1 atom stereocenters. The summed E-state index contributed by atoms with van der Waals surface area (Å²) >= 11 is 13.1. The highest BCUT2D eigenvalue weighted by molar-refractivity contribution is 7.99. The van der Waals surface area contributed by atoms with Crippen LogP contribution in [0.25, 0.3) is 0 Å². The first kappa shape index (κ1) is 21.6. The molecule has 1 heterocycles. The second kappa shape index (κ2) is 8.14. The van der Waals surface area contributed by atoms with Crippen molar-refractivity contribution in [1.82, 2.24) is 5.06 Å². The third kappa shape index (κ3) is 3.56. The molecule has 0 spiro atoms. The summed E-state index contributed by atoms with van der Waals surface area (Å²) in [5.41, 5.74) is -1.60. The van der Waals surface area contributed by atoms with Crippen LogP contribution in [0.3, 0.4) is 0 Å². The van der Waals surface area contributed by atoms with Gasteiger partial charge in [0.25, 0.3) is 11.6 Å². The molecular weight excluding hydrogens is 463 g/mol. The smallest absolute Gasteiger partial charge is 0.283 e. The molecule has 31 heavy (non-hydrogen) atoms. The van der Waals surface area contributed by atoms with Crippen molar-refractivity contribution >= 4 is 46.6 Å². The second-order valence-corrected chi connectivity index (χ2v) is 8.55. The lowest BCUT2D eigenvalue weighted by Gasteiger charge is -2.32. The Bertz CT molecular complexity index is 1220. The van der Waals surface area contributed by atoms with Crippen LogP contribution in [-0.2, 0) is 10.6 Å². The maximum atomic E-state index is 12.7. The quantitative estimate of drug-likeness (QED) is 0.398. The van der Waals surface area contributed by atoms with Gasteiger partial charge in [-0.25, -0.2) is 0 Å². The predicted molar refractivity (Wildman–Crippen MR) is 116 cm³/mol. The molecular formula is C21H14Cl2N2O5S. The van der Waals surface area contributed by atoms with E-state index < -0.39 is 16.6 Å². The van der Waals surface area contributed by atoms with E-state index in [0.29, 0.717) is 19.8 Å². The zero-order chi connectivity index (χ0) is 22.3. The fourth-order valence-corrected chi connectivity index (χ4v) is 4.76. The van der Waals surface area contributed by atoms with Crippen LogP contribution in [0.2, 0.25) is 10.0 Å². The zero-order valence-corrected chi connectivity index (χ0v) is 18.2. The number of carbonyl (C=O) groups excluding carboxylic acids is 1. The largest absolute Gasteiger partial charge is 0.361 e. The molecule has 1 amide bonds. The summed E-state index contributed by atoms with van der Waals surface area (Å²) in [4.78, 5) is 30.1. The van der Waals surface area contributed by atoms with Crippen molar-refractivity contribution in [2.24, 2.45) is 0 Å². The number of nitrogens with zero attached hydrogens (tertiary/aromatic N) is 2. The molecule has 1 N–H and O–H groups in total. The molecule has 1 unspecified atom stereocenters. The predicted octanol–water partition coefficient (Wildman–Crippen LogP) is 5.26.